The molecule has 34 heavy (non-hydrogen) atoms. The van der Waals surface area contributed by atoms with Crippen LogP contribution in [0.2, 0.25) is 0 Å². The highest BCUT2D eigenvalue weighted by atomic mass is 16.6. The van der Waals surface area contributed by atoms with E-state index in [0.717, 1.165) is 57.4 Å². The molecular weight excluding hydrogens is 424 g/mol. The maximum atomic E-state index is 6.63. The third-order valence-electron chi connectivity index (χ3n) is 8.17. The van der Waals surface area contributed by atoms with E-state index in [-0.39, 0.29) is 28.5 Å². The summed E-state index contributed by atoms with van der Waals surface area (Å²) in [5, 5.41) is 0. The molecule has 1 fully saturated rings. The third kappa shape index (κ3) is 5.12. The van der Waals surface area contributed by atoms with Gasteiger partial charge in [0.1, 0.15) is 12.2 Å². The molecule has 1 aromatic carbocycles. The van der Waals surface area contributed by atoms with Crippen molar-refractivity contribution in [3.63, 3.8) is 0 Å². The number of methoxy groups -OCH3 is 1. The van der Waals surface area contributed by atoms with Crippen LogP contribution in [0, 0.1) is 5.41 Å². The zero-order valence-corrected chi connectivity index (χ0v) is 23.2. The van der Waals surface area contributed by atoms with Crippen LogP contribution in [-0.4, -0.2) is 68.4 Å². The second kappa shape index (κ2) is 9.29. The Morgan fingerprint density at radius 1 is 1.00 bits per heavy atom. The van der Waals surface area contributed by atoms with Gasteiger partial charge in [-0.15, -0.1) is 0 Å². The normalized spacial score (nSPS) is 29.3. The second-order valence-corrected chi connectivity index (χ2v) is 13.2. The molecule has 0 saturated carbocycles. The summed E-state index contributed by atoms with van der Waals surface area (Å²) >= 11 is 0. The molecule has 5 heteroatoms. The van der Waals surface area contributed by atoms with E-state index in [0.29, 0.717) is 0 Å². The molecule has 0 bridgehead atoms. The van der Waals surface area contributed by atoms with Gasteiger partial charge in [0.15, 0.2) is 11.5 Å². The topological polar surface area (TPSA) is 34.2 Å². The number of nitrogens with zero attached hydrogens (tertiary/aromatic N) is 2. The molecule has 0 spiro atoms. The minimum atomic E-state index is 0.0541. The summed E-state index contributed by atoms with van der Waals surface area (Å²) in [6, 6.07) is 2.33. The summed E-state index contributed by atoms with van der Waals surface area (Å²) in [5.41, 5.74) is 4.89. The summed E-state index contributed by atoms with van der Waals surface area (Å²) < 4.78 is 18.4. The fourth-order valence-electron chi connectivity index (χ4n) is 6.96. The lowest BCUT2D eigenvalue weighted by molar-refractivity contribution is 0.0397. The van der Waals surface area contributed by atoms with Crippen molar-refractivity contribution >= 4 is 0 Å². The largest absolute Gasteiger partial charge is 0.483 e. The summed E-state index contributed by atoms with van der Waals surface area (Å²) in [7, 11) is 1.79. The molecule has 1 aliphatic carbocycles. The molecule has 5 nitrogen and oxygen atoms in total. The summed E-state index contributed by atoms with van der Waals surface area (Å²) in [6.07, 6.45) is 2.45. The predicted molar refractivity (Wildman–Crippen MR) is 139 cm³/mol. The van der Waals surface area contributed by atoms with Crippen LogP contribution in [0.15, 0.2) is 6.07 Å². The van der Waals surface area contributed by atoms with E-state index in [2.05, 4.69) is 71.3 Å². The van der Waals surface area contributed by atoms with Gasteiger partial charge in [0.25, 0.3) is 0 Å². The van der Waals surface area contributed by atoms with E-state index >= 15 is 0 Å². The van der Waals surface area contributed by atoms with Crippen molar-refractivity contribution in [3.8, 4) is 11.5 Å². The van der Waals surface area contributed by atoms with Crippen molar-refractivity contribution in [1.82, 2.24) is 9.80 Å². The number of piperazine rings is 1. The molecule has 0 radical (unpaired) electrons. The fourth-order valence-corrected chi connectivity index (χ4v) is 6.96. The zero-order valence-electron chi connectivity index (χ0n) is 23.2. The number of benzene rings is 1. The zero-order chi connectivity index (χ0) is 24.9. The van der Waals surface area contributed by atoms with E-state index < -0.39 is 0 Å². The first kappa shape index (κ1) is 25.8. The second-order valence-electron chi connectivity index (χ2n) is 13.2. The Balaban J connectivity index is 1.74. The van der Waals surface area contributed by atoms with Crippen LogP contribution in [0.25, 0.3) is 0 Å². The number of ether oxygens (including phenoxy) is 3. The van der Waals surface area contributed by atoms with Gasteiger partial charge in [-0.1, -0.05) is 41.5 Å². The summed E-state index contributed by atoms with van der Waals surface area (Å²) in [6.45, 7) is 25.8. The Morgan fingerprint density at radius 2 is 1.62 bits per heavy atom. The molecule has 4 rings (SSSR count). The minimum absolute atomic E-state index is 0.0541. The SMILES string of the molecule is COCCN1CCN(Cc2c3c(cc4c2C(C)(CC(C)(C)C)CC4(C)C)OC(C)C(C)O3)CC1. The molecule has 3 aliphatic rings. The maximum Gasteiger partial charge on any atom is 0.166 e. The van der Waals surface area contributed by atoms with Crippen molar-refractivity contribution in [2.75, 3.05) is 46.4 Å². The highest BCUT2D eigenvalue weighted by Gasteiger charge is 2.49. The molecule has 3 atom stereocenters. The average Bonchev–Trinajstić information content (AvgIpc) is 2.91. The molecule has 192 valence electrons. The Labute approximate surface area is 208 Å². The van der Waals surface area contributed by atoms with Gasteiger partial charge in [0, 0.05) is 51.9 Å². The molecule has 0 amide bonds. The molecule has 2 aliphatic heterocycles. The van der Waals surface area contributed by atoms with Crippen molar-refractivity contribution in [2.24, 2.45) is 5.41 Å². The predicted octanol–water partition coefficient (Wildman–Crippen LogP) is 5.37. The van der Waals surface area contributed by atoms with Crippen LogP contribution in [0.4, 0.5) is 0 Å². The first-order valence-corrected chi connectivity index (χ1v) is 13.3. The number of hydrogen-bond donors (Lipinski definition) is 0. The Morgan fingerprint density at radius 3 is 2.24 bits per heavy atom. The molecule has 0 aromatic heterocycles. The van der Waals surface area contributed by atoms with Gasteiger partial charge < -0.3 is 14.2 Å². The van der Waals surface area contributed by atoms with Crippen LogP contribution in [0.5, 0.6) is 11.5 Å². The summed E-state index contributed by atoms with van der Waals surface area (Å²) in [4.78, 5) is 5.13. The lowest BCUT2D eigenvalue weighted by atomic mass is 9.69. The van der Waals surface area contributed by atoms with Crippen LogP contribution in [0.3, 0.4) is 0 Å². The smallest absolute Gasteiger partial charge is 0.166 e. The van der Waals surface area contributed by atoms with E-state index in [1.807, 2.05) is 0 Å². The number of hydrogen-bond acceptors (Lipinski definition) is 5. The van der Waals surface area contributed by atoms with E-state index in [9.17, 15) is 0 Å². The first-order chi connectivity index (χ1) is 15.8. The Kier molecular flexibility index (Phi) is 7.05. The van der Waals surface area contributed by atoms with Crippen LogP contribution >= 0.6 is 0 Å². The van der Waals surface area contributed by atoms with Gasteiger partial charge >= 0.3 is 0 Å². The standard InChI is InChI=1S/C29H48N2O3/c1-20-21(2)34-26-22(17-31-12-10-30(11-13-31)14-15-32-9)25-23(16-24(26)33-20)28(6,7)19-29(25,8)18-27(3,4)5/h16,20-21H,10-15,17-19H2,1-9H3. The molecule has 3 unspecified atom stereocenters. The van der Waals surface area contributed by atoms with Crippen LogP contribution < -0.4 is 9.47 Å². The molecule has 1 saturated heterocycles. The van der Waals surface area contributed by atoms with Crippen molar-refractivity contribution in [1.29, 1.82) is 0 Å². The lowest BCUT2D eigenvalue weighted by Crippen LogP contribution is -2.47. The quantitative estimate of drug-likeness (QED) is 0.556. The average molecular weight is 473 g/mol. The van der Waals surface area contributed by atoms with Gasteiger partial charge in [-0.3, -0.25) is 9.80 Å². The number of rotatable bonds is 6. The highest BCUT2D eigenvalue weighted by Crippen LogP contribution is 2.58. The van der Waals surface area contributed by atoms with Crippen LogP contribution in [-0.2, 0) is 22.1 Å². The third-order valence-corrected chi connectivity index (χ3v) is 8.17. The van der Waals surface area contributed by atoms with Crippen molar-refractivity contribution in [2.45, 2.75) is 97.8 Å². The monoisotopic (exact) mass is 472 g/mol. The van der Waals surface area contributed by atoms with Gasteiger partial charge in [-0.25, -0.2) is 0 Å². The molecular formula is C29H48N2O3. The van der Waals surface area contributed by atoms with Gasteiger partial charge in [-0.05, 0) is 60.1 Å². The molecule has 0 N–H and O–H groups in total. The van der Waals surface area contributed by atoms with E-state index in [1.54, 1.807) is 12.7 Å². The van der Waals surface area contributed by atoms with Crippen molar-refractivity contribution < 1.29 is 14.2 Å². The Bertz CT molecular complexity index is 882. The maximum absolute atomic E-state index is 6.63. The van der Waals surface area contributed by atoms with E-state index in [4.69, 9.17) is 14.2 Å². The lowest BCUT2D eigenvalue weighted by Gasteiger charge is -2.39. The van der Waals surface area contributed by atoms with Gasteiger partial charge in [0.05, 0.1) is 6.61 Å². The molecule has 1 aromatic rings. The van der Waals surface area contributed by atoms with Gasteiger partial charge in [-0.2, -0.15) is 0 Å². The highest BCUT2D eigenvalue weighted by molar-refractivity contribution is 5.62. The van der Waals surface area contributed by atoms with E-state index in [1.165, 1.54) is 24.0 Å². The molecule has 2 heterocycles. The Hall–Kier alpha value is -1.30. The van der Waals surface area contributed by atoms with Gasteiger partial charge in [0.2, 0.25) is 0 Å². The van der Waals surface area contributed by atoms with Crippen LogP contribution in [0.1, 0.15) is 84.9 Å². The number of fused-ring (bicyclic) bond motifs is 2. The minimum Gasteiger partial charge on any atom is -0.483 e. The van der Waals surface area contributed by atoms with Crippen molar-refractivity contribution in [3.05, 3.63) is 22.8 Å². The fraction of sp³-hybridized carbons (Fsp3) is 0.793. The summed E-state index contributed by atoms with van der Waals surface area (Å²) in [5.74, 6) is 1.95. The first-order valence-electron chi connectivity index (χ1n) is 13.3.